The molecule has 1 amide bonds. The lowest BCUT2D eigenvalue weighted by atomic mass is 9.90. The fraction of sp³-hybridized carbons (Fsp3) is 0.667. The molecule has 1 N–H and O–H groups in total. The standard InChI is InChI=1S/C12H19BN2O3/c1-7-8(13)9(18-15-7)12(5-6-12)14-10(16)17-11(2,3)4/h5-6,13H2,1-4H3,(H,14,16). The molecule has 2 rings (SSSR count). The number of carbonyl (C=O) groups excluding carboxylic acids is 1. The number of hydrogen-bond donors (Lipinski definition) is 1. The lowest BCUT2D eigenvalue weighted by Crippen LogP contribution is -2.40. The zero-order chi connectivity index (χ0) is 13.6. The van der Waals surface area contributed by atoms with E-state index in [1.165, 1.54) is 0 Å². The van der Waals surface area contributed by atoms with Gasteiger partial charge in [0.15, 0.2) is 5.76 Å². The van der Waals surface area contributed by atoms with E-state index < -0.39 is 17.2 Å². The summed E-state index contributed by atoms with van der Waals surface area (Å²) in [4.78, 5) is 11.8. The van der Waals surface area contributed by atoms with Crippen molar-refractivity contribution in [3.63, 3.8) is 0 Å². The van der Waals surface area contributed by atoms with Crippen LogP contribution in [0.4, 0.5) is 4.79 Å². The third kappa shape index (κ3) is 2.52. The number of ether oxygens (including phenoxy) is 1. The molecule has 1 aromatic rings. The van der Waals surface area contributed by atoms with E-state index in [2.05, 4.69) is 10.5 Å². The van der Waals surface area contributed by atoms with Gasteiger partial charge in [-0.3, -0.25) is 0 Å². The summed E-state index contributed by atoms with van der Waals surface area (Å²) in [6, 6.07) is 0. The molecule has 5 nitrogen and oxygen atoms in total. The van der Waals surface area contributed by atoms with E-state index in [0.29, 0.717) is 0 Å². The van der Waals surface area contributed by atoms with Crippen LogP contribution < -0.4 is 10.8 Å². The number of amides is 1. The summed E-state index contributed by atoms with van der Waals surface area (Å²) in [5.74, 6) is 0.755. The summed E-state index contributed by atoms with van der Waals surface area (Å²) in [7, 11) is 1.96. The molecule has 1 aliphatic carbocycles. The second kappa shape index (κ2) is 4.04. The van der Waals surface area contributed by atoms with Gasteiger partial charge in [-0.2, -0.15) is 0 Å². The minimum absolute atomic E-state index is 0.409. The first-order valence-corrected chi connectivity index (χ1v) is 6.18. The Balaban J connectivity index is 2.10. The molecule has 98 valence electrons. The van der Waals surface area contributed by atoms with Gasteiger partial charge in [-0.05, 0) is 46.0 Å². The zero-order valence-corrected chi connectivity index (χ0v) is 11.6. The molecule has 1 aromatic heterocycles. The maximum Gasteiger partial charge on any atom is 0.408 e. The number of aromatic nitrogens is 1. The van der Waals surface area contributed by atoms with Crippen molar-refractivity contribution < 1.29 is 14.1 Å². The fourth-order valence-corrected chi connectivity index (χ4v) is 1.89. The van der Waals surface area contributed by atoms with E-state index in [-0.39, 0.29) is 0 Å². The molecule has 6 heteroatoms. The number of alkyl carbamates (subject to hydrolysis) is 1. The van der Waals surface area contributed by atoms with Crippen LogP contribution >= 0.6 is 0 Å². The second-order valence-electron chi connectivity index (χ2n) is 5.93. The van der Waals surface area contributed by atoms with Crippen molar-refractivity contribution in [3.8, 4) is 0 Å². The molecule has 1 fully saturated rings. The highest BCUT2D eigenvalue weighted by molar-refractivity contribution is 6.34. The van der Waals surface area contributed by atoms with Gasteiger partial charge < -0.3 is 14.6 Å². The summed E-state index contributed by atoms with van der Waals surface area (Å²) < 4.78 is 10.6. The second-order valence-corrected chi connectivity index (χ2v) is 5.93. The van der Waals surface area contributed by atoms with Gasteiger partial charge >= 0.3 is 6.09 Å². The third-order valence-corrected chi connectivity index (χ3v) is 3.08. The van der Waals surface area contributed by atoms with Crippen molar-refractivity contribution in [1.82, 2.24) is 10.5 Å². The van der Waals surface area contributed by atoms with Crippen LogP contribution in [0.15, 0.2) is 4.52 Å². The van der Waals surface area contributed by atoms with Gasteiger partial charge in [-0.1, -0.05) is 5.16 Å². The number of rotatable bonds is 2. The molecule has 0 aliphatic heterocycles. The van der Waals surface area contributed by atoms with Gasteiger partial charge in [0.1, 0.15) is 19.0 Å². The minimum atomic E-state index is -0.494. The molecular formula is C12H19BN2O3. The van der Waals surface area contributed by atoms with Crippen molar-refractivity contribution in [2.24, 2.45) is 0 Å². The molecule has 0 aromatic carbocycles. The molecule has 18 heavy (non-hydrogen) atoms. The average Bonchev–Trinajstić information content (AvgIpc) is 2.87. The summed E-state index contributed by atoms with van der Waals surface area (Å²) in [6.45, 7) is 7.42. The van der Waals surface area contributed by atoms with Gasteiger partial charge in [-0.15, -0.1) is 0 Å². The predicted octanol–water partition coefficient (Wildman–Crippen LogP) is 0.755. The van der Waals surface area contributed by atoms with E-state index in [1.807, 2.05) is 35.5 Å². The molecule has 1 heterocycles. The number of hydrogen-bond acceptors (Lipinski definition) is 4. The Hall–Kier alpha value is -1.46. The Morgan fingerprint density at radius 3 is 2.50 bits per heavy atom. The number of nitrogens with zero attached hydrogens (tertiary/aromatic N) is 1. The molecule has 0 atom stereocenters. The first kappa shape index (κ1) is 13.0. The summed E-state index contributed by atoms with van der Waals surface area (Å²) in [5, 5.41) is 6.84. The molecule has 1 aliphatic rings. The average molecular weight is 250 g/mol. The van der Waals surface area contributed by atoms with Gasteiger partial charge in [0.25, 0.3) is 0 Å². The van der Waals surface area contributed by atoms with Gasteiger partial charge in [0.2, 0.25) is 0 Å². The number of aryl methyl sites for hydroxylation is 1. The lowest BCUT2D eigenvalue weighted by molar-refractivity contribution is 0.0486. The van der Waals surface area contributed by atoms with Crippen molar-refractivity contribution in [2.45, 2.75) is 51.7 Å². The molecule has 0 saturated heterocycles. The molecule has 0 unspecified atom stereocenters. The van der Waals surface area contributed by atoms with E-state index in [1.54, 1.807) is 0 Å². The zero-order valence-electron chi connectivity index (χ0n) is 11.6. The first-order chi connectivity index (χ1) is 8.23. The SMILES string of the molecule is Bc1c(C)noc1C1(NC(=O)OC(C)(C)C)CC1. The highest BCUT2D eigenvalue weighted by Crippen LogP contribution is 2.45. The van der Waals surface area contributed by atoms with Crippen LogP contribution in [-0.4, -0.2) is 24.7 Å². The lowest BCUT2D eigenvalue weighted by Gasteiger charge is -2.22. The quantitative estimate of drug-likeness (QED) is 0.787. The number of nitrogens with one attached hydrogen (secondary N) is 1. The van der Waals surface area contributed by atoms with Crippen LogP contribution in [0.3, 0.4) is 0 Å². The molecule has 1 saturated carbocycles. The van der Waals surface area contributed by atoms with Crippen LogP contribution in [0.2, 0.25) is 0 Å². The fourth-order valence-electron chi connectivity index (χ4n) is 1.89. The molecule has 0 bridgehead atoms. The Morgan fingerprint density at radius 2 is 2.11 bits per heavy atom. The smallest absolute Gasteiger partial charge is 0.408 e. The van der Waals surface area contributed by atoms with E-state index in [0.717, 1.165) is 29.8 Å². The normalized spacial score (nSPS) is 17.3. The maximum absolute atomic E-state index is 11.8. The van der Waals surface area contributed by atoms with Gasteiger partial charge in [0, 0.05) is 0 Å². The summed E-state index contributed by atoms with van der Waals surface area (Å²) >= 11 is 0. The third-order valence-electron chi connectivity index (χ3n) is 3.08. The predicted molar refractivity (Wildman–Crippen MR) is 69.7 cm³/mol. The van der Waals surface area contributed by atoms with Gasteiger partial charge in [-0.25, -0.2) is 4.79 Å². The number of carbonyl (C=O) groups is 1. The highest BCUT2D eigenvalue weighted by Gasteiger charge is 2.50. The van der Waals surface area contributed by atoms with Crippen LogP contribution in [0.5, 0.6) is 0 Å². The Labute approximate surface area is 108 Å². The summed E-state index contributed by atoms with van der Waals surface area (Å²) in [5.41, 5.74) is 0.964. The maximum atomic E-state index is 11.8. The van der Waals surface area contributed by atoms with Crippen molar-refractivity contribution in [3.05, 3.63) is 11.5 Å². The minimum Gasteiger partial charge on any atom is -0.444 e. The Kier molecular flexibility index (Phi) is 2.91. The van der Waals surface area contributed by atoms with Crippen molar-refractivity contribution in [2.75, 3.05) is 0 Å². The molecular weight excluding hydrogens is 231 g/mol. The van der Waals surface area contributed by atoms with Crippen molar-refractivity contribution in [1.29, 1.82) is 0 Å². The monoisotopic (exact) mass is 250 g/mol. The Morgan fingerprint density at radius 1 is 1.50 bits per heavy atom. The van der Waals surface area contributed by atoms with E-state index in [9.17, 15) is 4.79 Å². The van der Waals surface area contributed by atoms with Crippen molar-refractivity contribution >= 4 is 19.4 Å². The molecule has 0 radical (unpaired) electrons. The topological polar surface area (TPSA) is 64.4 Å². The van der Waals surface area contributed by atoms with Crippen LogP contribution in [0.1, 0.15) is 45.1 Å². The van der Waals surface area contributed by atoms with Crippen LogP contribution in [0, 0.1) is 6.92 Å². The first-order valence-electron chi connectivity index (χ1n) is 6.18. The molecule has 0 spiro atoms. The van der Waals surface area contributed by atoms with E-state index in [4.69, 9.17) is 9.26 Å². The largest absolute Gasteiger partial charge is 0.444 e. The van der Waals surface area contributed by atoms with E-state index >= 15 is 0 Å². The van der Waals surface area contributed by atoms with Crippen LogP contribution in [0.25, 0.3) is 0 Å². The highest BCUT2D eigenvalue weighted by atomic mass is 16.6. The van der Waals surface area contributed by atoms with Gasteiger partial charge in [0.05, 0.1) is 5.69 Å². The summed E-state index contributed by atoms with van der Waals surface area (Å²) in [6.07, 6.45) is 1.32. The Bertz CT molecular complexity index is 472. The van der Waals surface area contributed by atoms with Crippen LogP contribution in [-0.2, 0) is 10.3 Å².